The van der Waals surface area contributed by atoms with Crippen LogP contribution in [0.2, 0.25) is 0 Å². The maximum Gasteiger partial charge on any atom is 0.309 e. The summed E-state index contributed by atoms with van der Waals surface area (Å²) in [5.41, 5.74) is -1.03. The predicted molar refractivity (Wildman–Crippen MR) is 93.9 cm³/mol. The first-order valence-corrected chi connectivity index (χ1v) is 10.0. The highest BCUT2D eigenvalue weighted by Crippen LogP contribution is 2.74. The Bertz CT molecular complexity index is 629. The summed E-state index contributed by atoms with van der Waals surface area (Å²) in [4.78, 5) is 25.2. The van der Waals surface area contributed by atoms with Crippen LogP contribution >= 0.6 is 0 Å². The summed E-state index contributed by atoms with van der Waals surface area (Å²) in [6.45, 7) is 6.32. The molecule has 0 aliphatic heterocycles. The fourth-order valence-electron chi connectivity index (χ4n) is 8.28. The van der Waals surface area contributed by atoms with Gasteiger partial charge in [0.1, 0.15) is 5.78 Å². The van der Waals surface area contributed by atoms with E-state index in [0.717, 1.165) is 51.4 Å². The Morgan fingerprint density at radius 1 is 1.08 bits per heavy atom. The van der Waals surface area contributed by atoms with Crippen LogP contribution in [-0.4, -0.2) is 28.6 Å². The maximum atomic E-state index is 13.0. The zero-order valence-corrected chi connectivity index (χ0v) is 15.8. The lowest BCUT2D eigenvalue weighted by Gasteiger charge is -2.64. The number of rotatable bonds is 2. The molecule has 0 radical (unpaired) electrons. The molecule has 0 heterocycles. The number of ketones is 1. The van der Waals surface area contributed by atoms with Gasteiger partial charge in [-0.05, 0) is 74.5 Å². The van der Waals surface area contributed by atoms with Gasteiger partial charge in [0, 0.05) is 11.3 Å². The average Bonchev–Trinajstić information content (AvgIpc) is 2.69. The van der Waals surface area contributed by atoms with Gasteiger partial charge in [0.2, 0.25) is 0 Å². The van der Waals surface area contributed by atoms with Crippen molar-refractivity contribution in [2.24, 2.45) is 39.4 Å². The minimum Gasteiger partial charge on any atom is -0.481 e. The molecule has 2 N–H and O–H groups in total. The van der Waals surface area contributed by atoms with Crippen molar-refractivity contribution in [1.29, 1.82) is 0 Å². The zero-order valence-electron chi connectivity index (χ0n) is 15.8. The molecule has 0 aromatic carbocycles. The molecule has 0 aromatic heterocycles. The summed E-state index contributed by atoms with van der Waals surface area (Å²) in [5.74, 6) is -0.0611. The van der Waals surface area contributed by atoms with Gasteiger partial charge in [0.15, 0.2) is 0 Å². The highest BCUT2D eigenvalue weighted by molar-refractivity contribution is 5.90. The van der Waals surface area contributed by atoms with Gasteiger partial charge in [-0.2, -0.15) is 0 Å². The molecule has 4 aliphatic carbocycles. The van der Waals surface area contributed by atoms with Crippen LogP contribution in [0.3, 0.4) is 0 Å². The Morgan fingerprint density at radius 2 is 1.76 bits per heavy atom. The minimum absolute atomic E-state index is 0.0248. The normalized spacial score (nSPS) is 54.7. The van der Waals surface area contributed by atoms with Crippen molar-refractivity contribution in [1.82, 2.24) is 0 Å². The fourth-order valence-corrected chi connectivity index (χ4v) is 8.28. The largest absolute Gasteiger partial charge is 0.481 e. The van der Waals surface area contributed by atoms with Crippen LogP contribution in [0.4, 0.5) is 0 Å². The molecule has 7 atom stereocenters. The highest BCUT2D eigenvalue weighted by Gasteiger charge is 2.71. The Hall–Kier alpha value is -0.900. The number of Topliss-reactive ketones (excluding diaryl/α,β-unsaturated/α-hetero) is 1. The van der Waals surface area contributed by atoms with Gasteiger partial charge in [-0.3, -0.25) is 9.59 Å². The number of fused-ring (bicyclic) bond motifs is 3. The first-order chi connectivity index (χ1) is 11.6. The number of carboxylic acids is 1. The third kappa shape index (κ3) is 1.92. The third-order valence-corrected chi connectivity index (χ3v) is 9.35. The molecule has 140 valence electrons. The molecule has 1 spiro atoms. The molecule has 4 saturated carbocycles. The number of aliphatic hydroxyl groups excluding tert-OH is 1. The quantitative estimate of drug-likeness (QED) is 0.798. The van der Waals surface area contributed by atoms with E-state index in [9.17, 15) is 19.8 Å². The second-order valence-corrected chi connectivity index (χ2v) is 10.3. The van der Waals surface area contributed by atoms with E-state index in [4.69, 9.17) is 0 Å². The van der Waals surface area contributed by atoms with E-state index in [1.807, 2.05) is 6.92 Å². The summed E-state index contributed by atoms with van der Waals surface area (Å²) in [6, 6.07) is 0. The van der Waals surface area contributed by atoms with Crippen LogP contribution in [0.15, 0.2) is 0 Å². The summed E-state index contributed by atoms with van der Waals surface area (Å²) < 4.78 is 0. The van der Waals surface area contributed by atoms with Crippen molar-refractivity contribution in [2.75, 3.05) is 6.61 Å². The molecule has 2 bridgehead atoms. The number of carbonyl (C=O) groups excluding carboxylic acids is 1. The SMILES string of the molecule is C[C@]12CC[C@@H]3C(CC[C@H]4[C@@]3(C)CCC[C@@]4(C)C(=O)O)(C1)[C@H](CO)C2=O. The molecule has 0 amide bonds. The van der Waals surface area contributed by atoms with E-state index >= 15 is 0 Å². The summed E-state index contributed by atoms with van der Waals surface area (Å²) in [5, 5.41) is 20.1. The number of carbonyl (C=O) groups is 2. The Morgan fingerprint density at radius 3 is 2.40 bits per heavy atom. The summed E-state index contributed by atoms with van der Waals surface area (Å²) in [7, 11) is 0. The number of hydrogen-bond donors (Lipinski definition) is 2. The van der Waals surface area contributed by atoms with Gasteiger partial charge >= 0.3 is 5.97 Å². The first kappa shape index (κ1) is 17.5. The molecular formula is C21H32O4. The third-order valence-electron chi connectivity index (χ3n) is 9.35. The monoisotopic (exact) mass is 348 g/mol. The van der Waals surface area contributed by atoms with Crippen LogP contribution < -0.4 is 0 Å². The van der Waals surface area contributed by atoms with E-state index in [1.165, 1.54) is 0 Å². The minimum atomic E-state index is -0.652. The molecule has 4 rings (SSSR count). The van der Waals surface area contributed by atoms with Crippen molar-refractivity contribution < 1.29 is 19.8 Å². The van der Waals surface area contributed by atoms with E-state index in [2.05, 4.69) is 13.8 Å². The molecule has 25 heavy (non-hydrogen) atoms. The summed E-state index contributed by atoms with van der Waals surface area (Å²) >= 11 is 0. The molecular weight excluding hydrogens is 316 g/mol. The first-order valence-electron chi connectivity index (χ1n) is 10.0. The van der Waals surface area contributed by atoms with Gasteiger partial charge in [0.25, 0.3) is 0 Å². The molecule has 0 saturated heterocycles. The lowest BCUT2D eigenvalue weighted by molar-refractivity contribution is -0.189. The van der Waals surface area contributed by atoms with Crippen molar-refractivity contribution in [2.45, 2.75) is 72.1 Å². The van der Waals surface area contributed by atoms with Gasteiger partial charge in [-0.1, -0.05) is 20.3 Å². The maximum absolute atomic E-state index is 13.0. The van der Waals surface area contributed by atoms with Gasteiger partial charge in [-0.25, -0.2) is 0 Å². The summed E-state index contributed by atoms with van der Waals surface area (Å²) in [6.07, 6.45) is 7.40. The molecule has 1 unspecified atom stereocenters. The van der Waals surface area contributed by atoms with E-state index in [-0.39, 0.29) is 40.5 Å². The molecule has 4 nitrogen and oxygen atoms in total. The van der Waals surface area contributed by atoms with Crippen LogP contribution in [0, 0.1) is 39.4 Å². The van der Waals surface area contributed by atoms with Gasteiger partial charge in [-0.15, -0.1) is 0 Å². The number of hydrogen-bond acceptors (Lipinski definition) is 3. The zero-order chi connectivity index (χ0) is 18.3. The topological polar surface area (TPSA) is 74.6 Å². The molecule has 4 aliphatic rings. The lowest BCUT2D eigenvalue weighted by Crippen LogP contribution is -2.60. The van der Waals surface area contributed by atoms with Crippen LogP contribution in [-0.2, 0) is 9.59 Å². The van der Waals surface area contributed by atoms with Crippen molar-refractivity contribution in [3.8, 4) is 0 Å². The highest BCUT2D eigenvalue weighted by atomic mass is 16.4. The molecule has 4 fully saturated rings. The second kappa shape index (κ2) is 5.09. The standard InChI is InChI=1S/C21H32O4/c1-18-9-5-15-19(2)7-4-8-20(3,17(24)25)14(19)6-10-21(15,12-18)13(11-22)16(18)23/h13-15,22H,4-12H2,1-3H3,(H,24,25)/t13-,14+,15+,18+,19-,20-,21?/m1/s1. The smallest absolute Gasteiger partial charge is 0.309 e. The van der Waals surface area contributed by atoms with Crippen LogP contribution in [0.5, 0.6) is 0 Å². The Kier molecular flexibility index (Phi) is 3.56. The molecule has 4 heteroatoms. The van der Waals surface area contributed by atoms with Crippen LogP contribution in [0.25, 0.3) is 0 Å². The number of aliphatic hydroxyl groups is 1. The van der Waals surface area contributed by atoms with Gasteiger partial charge in [0.05, 0.1) is 12.0 Å². The number of aliphatic carboxylic acids is 1. The van der Waals surface area contributed by atoms with E-state index < -0.39 is 11.4 Å². The Labute approximate surface area is 150 Å². The second-order valence-electron chi connectivity index (χ2n) is 10.3. The van der Waals surface area contributed by atoms with Crippen molar-refractivity contribution >= 4 is 11.8 Å². The fraction of sp³-hybridized carbons (Fsp3) is 0.905. The molecule has 0 aromatic rings. The van der Waals surface area contributed by atoms with Crippen molar-refractivity contribution in [3.05, 3.63) is 0 Å². The lowest BCUT2D eigenvalue weighted by atomic mass is 9.39. The van der Waals surface area contributed by atoms with Crippen LogP contribution in [0.1, 0.15) is 72.1 Å². The van der Waals surface area contributed by atoms with Gasteiger partial charge < -0.3 is 10.2 Å². The van der Waals surface area contributed by atoms with E-state index in [1.54, 1.807) is 0 Å². The van der Waals surface area contributed by atoms with Crippen molar-refractivity contribution in [3.63, 3.8) is 0 Å². The number of carboxylic acid groups (broad SMARTS) is 1. The average molecular weight is 348 g/mol. The van der Waals surface area contributed by atoms with E-state index in [0.29, 0.717) is 5.92 Å². The Balaban J connectivity index is 1.80. The predicted octanol–water partition coefficient (Wildman–Crippen LogP) is 3.66.